The van der Waals surface area contributed by atoms with E-state index in [9.17, 15) is 14.7 Å². The van der Waals surface area contributed by atoms with Crippen LogP contribution in [0.1, 0.15) is 19.0 Å². The van der Waals surface area contributed by atoms with Crippen LogP contribution in [0.3, 0.4) is 0 Å². The highest BCUT2D eigenvalue weighted by Gasteiger charge is 2.42. The molecule has 1 fully saturated rings. The van der Waals surface area contributed by atoms with Crippen LogP contribution in [0, 0.1) is 5.41 Å². The Kier molecular flexibility index (Phi) is 3.52. The third-order valence-electron chi connectivity index (χ3n) is 4.29. The van der Waals surface area contributed by atoms with Crippen molar-refractivity contribution in [1.82, 2.24) is 15.2 Å². The molecule has 116 valence electrons. The number of para-hydroxylation sites is 1. The summed E-state index contributed by atoms with van der Waals surface area (Å²) < 4.78 is 0. The van der Waals surface area contributed by atoms with Crippen molar-refractivity contribution >= 4 is 22.9 Å². The quantitative estimate of drug-likeness (QED) is 0.812. The third kappa shape index (κ3) is 2.64. The van der Waals surface area contributed by atoms with E-state index < -0.39 is 11.4 Å². The van der Waals surface area contributed by atoms with E-state index in [-0.39, 0.29) is 12.6 Å². The van der Waals surface area contributed by atoms with Gasteiger partial charge in [-0.2, -0.15) is 0 Å². The second kappa shape index (κ2) is 5.36. The van der Waals surface area contributed by atoms with E-state index in [1.807, 2.05) is 30.3 Å². The minimum Gasteiger partial charge on any atom is -0.481 e. The number of aliphatic carboxylic acids is 1. The number of carboxylic acids is 1. The van der Waals surface area contributed by atoms with E-state index in [4.69, 9.17) is 0 Å². The van der Waals surface area contributed by atoms with Gasteiger partial charge in [0.2, 0.25) is 0 Å². The lowest BCUT2D eigenvalue weighted by molar-refractivity contribution is -0.146. The predicted octanol–water partition coefficient (Wildman–Crippen LogP) is 2.17. The number of urea groups is 1. The summed E-state index contributed by atoms with van der Waals surface area (Å²) in [7, 11) is 0. The molecule has 3 rings (SSSR count). The van der Waals surface area contributed by atoms with Gasteiger partial charge in [-0.3, -0.25) is 4.79 Å². The Morgan fingerprint density at radius 1 is 1.41 bits per heavy atom. The molecule has 1 aliphatic heterocycles. The van der Waals surface area contributed by atoms with Gasteiger partial charge in [0, 0.05) is 24.3 Å². The minimum atomic E-state index is -0.849. The lowest BCUT2D eigenvalue weighted by Gasteiger charge is -2.20. The van der Waals surface area contributed by atoms with E-state index in [1.165, 1.54) is 0 Å². The van der Waals surface area contributed by atoms with Crippen LogP contribution in [0.2, 0.25) is 0 Å². The molecule has 2 heterocycles. The Labute approximate surface area is 128 Å². The molecule has 1 saturated heterocycles. The van der Waals surface area contributed by atoms with Gasteiger partial charge in [0.25, 0.3) is 0 Å². The van der Waals surface area contributed by atoms with Gasteiger partial charge in [0.1, 0.15) is 0 Å². The number of likely N-dealkylation sites (tertiary alicyclic amines) is 1. The summed E-state index contributed by atoms with van der Waals surface area (Å²) in [5, 5.41) is 13.1. The summed E-state index contributed by atoms with van der Waals surface area (Å²) in [5.41, 5.74) is 1.12. The fraction of sp³-hybridized carbons (Fsp3) is 0.375. The topological polar surface area (TPSA) is 85.4 Å². The maximum absolute atomic E-state index is 12.2. The van der Waals surface area contributed by atoms with Crippen LogP contribution in [0.15, 0.2) is 30.3 Å². The summed E-state index contributed by atoms with van der Waals surface area (Å²) in [6.07, 6.45) is 0.488. The van der Waals surface area contributed by atoms with Crippen molar-refractivity contribution < 1.29 is 14.7 Å². The number of benzene rings is 1. The maximum Gasteiger partial charge on any atom is 0.317 e. The number of nitrogens with zero attached hydrogens (tertiary/aromatic N) is 1. The average molecular weight is 301 g/mol. The summed E-state index contributed by atoms with van der Waals surface area (Å²) >= 11 is 0. The smallest absolute Gasteiger partial charge is 0.317 e. The number of carbonyl (C=O) groups excluding carboxylic acids is 1. The zero-order valence-electron chi connectivity index (χ0n) is 12.4. The molecule has 0 radical (unpaired) electrons. The molecular formula is C16H19N3O3. The standard InChI is InChI=1S/C16H19N3O3/c1-16(14(20)21)6-7-19(10-16)15(22)17-9-12-8-11-4-2-3-5-13(11)18-12/h2-5,8,18H,6-7,9-10H2,1H3,(H,17,22)(H,20,21). The van der Waals surface area contributed by atoms with Crippen molar-refractivity contribution in [2.24, 2.45) is 5.41 Å². The predicted molar refractivity (Wildman–Crippen MR) is 82.5 cm³/mol. The van der Waals surface area contributed by atoms with Gasteiger partial charge in [0.05, 0.1) is 12.0 Å². The van der Waals surface area contributed by atoms with Gasteiger partial charge in [0.15, 0.2) is 0 Å². The molecule has 2 aromatic rings. The zero-order valence-corrected chi connectivity index (χ0v) is 12.4. The van der Waals surface area contributed by atoms with Gasteiger partial charge >= 0.3 is 12.0 Å². The Bertz CT molecular complexity index is 691. The molecule has 22 heavy (non-hydrogen) atoms. The number of rotatable bonds is 3. The molecule has 1 aromatic heterocycles. The molecule has 3 N–H and O–H groups in total. The van der Waals surface area contributed by atoms with Crippen molar-refractivity contribution in [1.29, 1.82) is 0 Å². The number of amides is 2. The Balaban J connectivity index is 1.60. The molecule has 0 spiro atoms. The first kappa shape index (κ1) is 14.4. The molecular weight excluding hydrogens is 282 g/mol. The maximum atomic E-state index is 12.2. The number of hydrogen-bond acceptors (Lipinski definition) is 2. The second-order valence-corrected chi connectivity index (χ2v) is 6.08. The molecule has 0 saturated carbocycles. The van der Waals surface area contributed by atoms with Gasteiger partial charge in [-0.05, 0) is 30.9 Å². The molecule has 1 unspecified atom stereocenters. The number of H-pyrrole nitrogens is 1. The van der Waals surface area contributed by atoms with Crippen molar-refractivity contribution in [3.63, 3.8) is 0 Å². The lowest BCUT2D eigenvalue weighted by atomic mass is 9.90. The Morgan fingerprint density at radius 2 is 2.18 bits per heavy atom. The average Bonchev–Trinajstić information content (AvgIpc) is 3.09. The highest BCUT2D eigenvalue weighted by molar-refractivity contribution is 5.81. The second-order valence-electron chi connectivity index (χ2n) is 6.08. The number of fused-ring (bicyclic) bond motifs is 1. The summed E-state index contributed by atoms with van der Waals surface area (Å²) in [6.45, 7) is 2.80. The van der Waals surface area contributed by atoms with Crippen LogP contribution < -0.4 is 5.32 Å². The lowest BCUT2D eigenvalue weighted by Crippen LogP contribution is -2.40. The highest BCUT2D eigenvalue weighted by atomic mass is 16.4. The number of nitrogens with one attached hydrogen (secondary N) is 2. The molecule has 6 heteroatoms. The molecule has 1 aliphatic rings. The normalized spacial score (nSPS) is 21.2. The molecule has 0 aliphatic carbocycles. The van der Waals surface area contributed by atoms with E-state index in [2.05, 4.69) is 10.3 Å². The van der Waals surface area contributed by atoms with Crippen LogP contribution in [-0.4, -0.2) is 40.1 Å². The zero-order chi connectivity index (χ0) is 15.7. The first-order valence-electron chi connectivity index (χ1n) is 7.31. The van der Waals surface area contributed by atoms with Gasteiger partial charge in [-0.25, -0.2) is 4.79 Å². The highest BCUT2D eigenvalue weighted by Crippen LogP contribution is 2.30. The summed E-state index contributed by atoms with van der Waals surface area (Å²) in [6, 6.07) is 9.70. The molecule has 2 amide bonds. The van der Waals surface area contributed by atoms with E-state index in [0.717, 1.165) is 16.6 Å². The molecule has 1 aromatic carbocycles. The van der Waals surface area contributed by atoms with Crippen LogP contribution in [0.4, 0.5) is 4.79 Å². The van der Waals surface area contributed by atoms with Crippen molar-refractivity contribution in [2.75, 3.05) is 13.1 Å². The van der Waals surface area contributed by atoms with Crippen molar-refractivity contribution in [3.05, 3.63) is 36.0 Å². The SMILES string of the molecule is CC1(C(=O)O)CCN(C(=O)NCc2cc3ccccc3[nH]2)C1. The van der Waals surface area contributed by atoms with Crippen LogP contribution in [-0.2, 0) is 11.3 Å². The molecule has 0 bridgehead atoms. The largest absolute Gasteiger partial charge is 0.481 e. The van der Waals surface area contributed by atoms with Crippen LogP contribution in [0.5, 0.6) is 0 Å². The molecule has 1 atom stereocenters. The van der Waals surface area contributed by atoms with Crippen molar-refractivity contribution in [2.45, 2.75) is 19.9 Å². The van der Waals surface area contributed by atoms with E-state index in [1.54, 1.807) is 11.8 Å². The van der Waals surface area contributed by atoms with Gasteiger partial charge in [-0.1, -0.05) is 18.2 Å². The van der Waals surface area contributed by atoms with Gasteiger partial charge < -0.3 is 20.3 Å². The van der Waals surface area contributed by atoms with Crippen LogP contribution in [0.25, 0.3) is 10.9 Å². The first-order valence-corrected chi connectivity index (χ1v) is 7.31. The number of aromatic nitrogens is 1. The number of aromatic amines is 1. The summed E-state index contributed by atoms with van der Waals surface area (Å²) in [4.78, 5) is 28.2. The summed E-state index contributed by atoms with van der Waals surface area (Å²) in [5.74, 6) is -0.849. The Hall–Kier alpha value is -2.50. The number of carboxylic acid groups (broad SMARTS) is 1. The first-order chi connectivity index (χ1) is 10.5. The van der Waals surface area contributed by atoms with E-state index in [0.29, 0.717) is 19.5 Å². The van der Waals surface area contributed by atoms with Crippen molar-refractivity contribution in [3.8, 4) is 0 Å². The fourth-order valence-electron chi connectivity index (χ4n) is 2.82. The third-order valence-corrected chi connectivity index (χ3v) is 4.29. The van der Waals surface area contributed by atoms with Gasteiger partial charge in [-0.15, -0.1) is 0 Å². The molecule has 6 nitrogen and oxygen atoms in total. The minimum absolute atomic E-state index is 0.219. The Morgan fingerprint density at radius 3 is 2.86 bits per heavy atom. The van der Waals surface area contributed by atoms with E-state index >= 15 is 0 Å². The number of carbonyl (C=O) groups is 2. The van der Waals surface area contributed by atoms with Crippen LogP contribution >= 0.6 is 0 Å². The number of hydrogen-bond donors (Lipinski definition) is 3. The fourth-order valence-corrected chi connectivity index (χ4v) is 2.82. The monoisotopic (exact) mass is 301 g/mol.